The van der Waals surface area contributed by atoms with E-state index in [1.807, 2.05) is 67.6 Å². The fourth-order valence-corrected chi connectivity index (χ4v) is 3.81. The largest absolute Gasteiger partial charge is 0.457 e. The molecule has 0 aliphatic heterocycles. The molecule has 4 rings (SSSR count). The number of nitrogens with one attached hydrogen (secondary N) is 2. The van der Waals surface area contributed by atoms with Gasteiger partial charge in [0.2, 0.25) is 0 Å². The minimum Gasteiger partial charge on any atom is -0.457 e. The highest BCUT2D eigenvalue weighted by atomic mass is 16.5. The Hall–Kier alpha value is -4.71. The van der Waals surface area contributed by atoms with Crippen LogP contribution in [0.15, 0.2) is 97.1 Å². The molecule has 0 saturated heterocycles. The van der Waals surface area contributed by atoms with E-state index in [-0.39, 0.29) is 18.3 Å². The first-order valence-corrected chi connectivity index (χ1v) is 11.1. The lowest BCUT2D eigenvalue weighted by molar-refractivity contribution is 0.0472. The van der Waals surface area contributed by atoms with Crippen LogP contribution in [0.2, 0.25) is 0 Å². The Morgan fingerprint density at radius 1 is 0.829 bits per heavy atom. The maximum Gasteiger partial charge on any atom is 0.339 e. The molecule has 0 aliphatic rings. The Morgan fingerprint density at radius 2 is 1.49 bits per heavy atom. The van der Waals surface area contributed by atoms with Crippen LogP contribution >= 0.6 is 0 Å². The van der Waals surface area contributed by atoms with Crippen molar-refractivity contribution in [1.82, 2.24) is 0 Å². The van der Waals surface area contributed by atoms with Crippen LogP contribution in [0.3, 0.4) is 0 Å². The molecule has 4 aromatic carbocycles. The fourth-order valence-electron chi connectivity index (χ4n) is 3.81. The number of nitrogen functional groups attached to an aromatic ring is 1. The monoisotopic (exact) mass is 463 g/mol. The van der Waals surface area contributed by atoms with Gasteiger partial charge in [0.05, 0.1) is 5.56 Å². The molecule has 174 valence electrons. The zero-order valence-electron chi connectivity index (χ0n) is 19.2. The molecule has 35 heavy (non-hydrogen) atoms. The molecular formula is C29H25N3O3. The van der Waals surface area contributed by atoms with Crippen LogP contribution < -0.4 is 11.1 Å². The van der Waals surface area contributed by atoms with Crippen LogP contribution in [-0.4, -0.2) is 17.7 Å². The second-order valence-corrected chi connectivity index (χ2v) is 8.05. The predicted octanol–water partition coefficient (Wildman–Crippen LogP) is 5.56. The summed E-state index contributed by atoms with van der Waals surface area (Å²) in [7, 11) is 0. The van der Waals surface area contributed by atoms with Gasteiger partial charge in [0.15, 0.2) is 0 Å². The van der Waals surface area contributed by atoms with Gasteiger partial charge in [-0.2, -0.15) is 0 Å². The molecule has 0 aliphatic carbocycles. The van der Waals surface area contributed by atoms with E-state index >= 15 is 0 Å². The van der Waals surface area contributed by atoms with E-state index in [1.54, 1.807) is 36.4 Å². The van der Waals surface area contributed by atoms with Gasteiger partial charge in [-0.1, -0.05) is 66.7 Å². The van der Waals surface area contributed by atoms with Crippen molar-refractivity contribution in [3.05, 3.63) is 125 Å². The number of anilines is 1. The number of hydrogen-bond acceptors (Lipinski definition) is 4. The third kappa shape index (κ3) is 5.45. The topological polar surface area (TPSA) is 105 Å². The van der Waals surface area contributed by atoms with Gasteiger partial charge in [-0.05, 0) is 59.5 Å². The molecule has 0 radical (unpaired) electrons. The lowest BCUT2D eigenvalue weighted by atomic mass is 9.92. The molecule has 4 aromatic rings. The highest BCUT2D eigenvalue weighted by Gasteiger charge is 2.21. The summed E-state index contributed by atoms with van der Waals surface area (Å²) in [5, 5.41) is 10.4. The maximum absolute atomic E-state index is 13.2. The molecule has 0 heterocycles. The number of ether oxygens (including phenoxy) is 1. The Bertz CT molecular complexity index is 1380. The average Bonchev–Trinajstić information content (AvgIpc) is 2.88. The fraction of sp³-hybridized carbons (Fsp3) is 0.0690. The van der Waals surface area contributed by atoms with Crippen LogP contribution in [0.25, 0.3) is 11.1 Å². The minimum absolute atomic E-state index is 0.0423. The van der Waals surface area contributed by atoms with Crippen molar-refractivity contribution in [2.75, 3.05) is 5.32 Å². The van der Waals surface area contributed by atoms with Gasteiger partial charge in [0.1, 0.15) is 12.4 Å². The van der Waals surface area contributed by atoms with Crippen molar-refractivity contribution in [2.24, 2.45) is 5.73 Å². The van der Waals surface area contributed by atoms with Crippen molar-refractivity contribution in [3.63, 3.8) is 0 Å². The van der Waals surface area contributed by atoms with Gasteiger partial charge in [-0.25, -0.2) is 4.79 Å². The molecule has 0 spiro atoms. The van der Waals surface area contributed by atoms with Crippen molar-refractivity contribution in [3.8, 4) is 11.1 Å². The van der Waals surface area contributed by atoms with Crippen molar-refractivity contribution in [1.29, 1.82) is 5.41 Å². The summed E-state index contributed by atoms with van der Waals surface area (Å²) < 4.78 is 5.62. The zero-order chi connectivity index (χ0) is 24.8. The number of nitrogens with two attached hydrogens (primary N) is 1. The maximum atomic E-state index is 13.2. The molecule has 1 amide bonds. The number of esters is 1. The third-order valence-electron chi connectivity index (χ3n) is 5.61. The molecule has 6 heteroatoms. The van der Waals surface area contributed by atoms with Crippen LogP contribution in [0.1, 0.15) is 37.4 Å². The number of amidine groups is 1. The average molecular weight is 464 g/mol. The molecule has 0 fully saturated rings. The Kier molecular flexibility index (Phi) is 7.02. The summed E-state index contributed by atoms with van der Waals surface area (Å²) in [5.41, 5.74) is 10.4. The van der Waals surface area contributed by atoms with E-state index in [9.17, 15) is 9.59 Å². The smallest absolute Gasteiger partial charge is 0.339 e. The van der Waals surface area contributed by atoms with Gasteiger partial charge >= 0.3 is 5.97 Å². The highest BCUT2D eigenvalue weighted by Crippen LogP contribution is 2.30. The van der Waals surface area contributed by atoms with Gasteiger partial charge in [-0.3, -0.25) is 10.2 Å². The molecule has 6 nitrogen and oxygen atoms in total. The third-order valence-corrected chi connectivity index (χ3v) is 5.61. The van der Waals surface area contributed by atoms with Gasteiger partial charge in [-0.15, -0.1) is 0 Å². The molecule has 0 bridgehead atoms. The second-order valence-electron chi connectivity index (χ2n) is 8.05. The quantitative estimate of drug-likeness (QED) is 0.190. The van der Waals surface area contributed by atoms with Crippen LogP contribution in [0, 0.1) is 12.3 Å². The first kappa shape index (κ1) is 23.4. The molecule has 0 saturated carbocycles. The molecule has 0 atom stereocenters. The summed E-state index contributed by atoms with van der Waals surface area (Å²) >= 11 is 0. The Morgan fingerprint density at radius 3 is 2.20 bits per heavy atom. The summed E-state index contributed by atoms with van der Waals surface area (Å²) in [4.78, 5) is 26.4. The number of aryl methyl sites for hydroxylation is 1. The summed E-state index contributed by atoms with van der Waals surface area (Å²) in [6.07, 6.45) is 0. The minimum atomic E-state index is -0.447. The summed E-state index contributed by atoms with van der Waals surface area (Å²) in [6.45, 7) is 2.01. The van der Waals surface area contributed by atoms with E-state index in [1.165, 1.54) is 0 Å². The van der Waals surface area contributed by atoms with Crippen molar-refractivity contribution >= 4 is 23.4 Å². The van der Waals surface area contributed by atoms with E-state index in [0.717, 1.165) is 11.1 Å². The first-order chi connectivity index (χ1) is 16.9. The molecular weight excluding hydrogens is 438 g/mol. The highest BCUT2D eigenvalue weighted by molar-refractivity contribution is 6.10. The van der Waals surface area contributed by atoms with Crippen molar-refractivity contribution in [2.45, 2.75) is 13.5 Å². The number of amides is 1. The van der Waals surface area contributed by atoms with E-state index in [2.05, 4.69) is 5.32 Å². The van der Waals surface area contributed by atoms with Gasteiger partial charge in [0.25, 0.3) is 5.91 Å². The lowest BCUT2D eigenvalue weighted by Crippen LogP contribution is -2.15. The number of benzene rings is 4. The van der Waals surface area contributed by atoms with Crippen LogP contribution in [0.5, 0.6) is 0 Å². The lowest BCUT2D eigenvalue weighted by Gasteiger charge is -2.16. The van der Waals surface area contributed by atoms with E-state index in [0.29, 0.717) is 33.5 Å². The number of rotatable bonds is 7. The first-order valence-electron chi connectivity index (χ1n) is 11.1. The number of hydrogen-bond donors (Lipinski definition) is 3. The molecule has 4 N–H and O–H groups in total. The predicted molar refractivity (Wildman–Crippen MR) is 138 cm³/mol. The van der Waals surface area contributed by atoms with Gasteiger partial charge in [0, 0.05) is 16.8 Å². The number of carbonyl (C=O) groups is 2. The molecule has 0 unspecified atom stereocenters. The molecule has 0 aromatic heterocycles. The standard InChI is InChI=1S/C29H25N3O3/c1-19-8-7-13-24(26(19)29(34)35-18-20-9-3-2-4-10-20)23-11-5-6-12-25(23)28(33)32-22-16-14-21(15-17-22)27(30)31/h2-17H,18H2,1H3,(H3,30,31)(H,32,33). The SMILES string of the molecule is Cc1cccc(-c2ccccc2C(=O)Nc2ccc(C(=N)N)cc2)c1C(=O)OCc1ccccc1. The number of carbonyl (C=O) groups excluding carboxylic acids is 2. The van der Waals surface area contributed by atoms with Gasteiger partial charge < -0.3 is 15.8 Å². The normalized spacial score (nSPS) is 10.4. The summed E-state index contributed by atoms with van der Waals surface area (Å²) in [5.74, 6) is -0.808. The zero-order valence-corrected chi connectivity index (χ0v) is 19.2. The second kappa shape index (κ2) is 10.5. The van der Waals surface area contributed by atoms with E-state index in [4.69, 9.17) is 15.9 Å². The van der Waals surface area contributed by atoms with E-state index < -0.39 is 5.97 Å². The Labute approximate surface area is 203 Å². The van der Waals surface area contributed by atoms with Crippen LogP contribution in [-0.2, 0) is 11.3 Å². The Balaban J connectivity index is 1.63. The van der Waals surface area contributed by atoms with Crippen molar-refractivity contribution < 1.29 is 14.3 Å². The van der Waals surface area contributed by atoms with Crippen LogP contribution in [0.4, 0.5) is 5.69 Å². The summed E-state index contributed by atoms with van der Waals surface area (Å²) in [6, 6.07) is 28.9.